The second kappa shape index (κ2) is 7.23. The molecule has 0 spiro atoms. The maximum Gasteiger partial charge on any atom is 0.326 e. The maximum absolute atomic E-state index is 11.7. The van der Waals surface area contributed by atoms with Crippen LogP contribution in [0.3, 0.4) is 0 Å². The number of hydrogen-bond acceptors (Lipinski definition) is 5. The summed E-state index contributed by atoms with van der Waals surface area (Å²) in [5, 5.41) is 11.3. The Morgan fingerprint density at radius 2 is 1.75 bits per heavy atom. The largest absolute Gasteiger partial charge is 0.480 e. The number of amides is 1. The van der Waals surface area contributed by atoms with Crippen LogP contribution in [0.1, 0.15) is 41.0 Å². The molecule has 0 heterocycles. The number of ether oxygens (including phenoxy) is 1. The zero-order valence-corrected chi connectivity index (χ0v) is 12.6. The highest BCUT2D eigenvalue weighted by Crippen LogP contribution is 2.10. The van der Waals surface area contributed by atoms with Gasteiger partial charge in [-0.1, -0.05) is 13.8 Å². The molecule has 0 aromatic carbocycles. The lowest BCUT2D eigenvalue weighted by atomic mass is 10.0. The number of carbonyl (C=O) groups is 3. The van der Waals surface area contributed by atoms with E-state index in [1.54, 1.807) is 34.6 Å². The molecule has 0 radical (unpaired) electrons. The highest BCUT2D eigenvalue weighted by molar-refractivity contribution is 5.89. The van der Waals surface area contributed by atoms with Crippen LogP contribution in [0.2, 0.25) is 0 Å². The van der Waals surface area contributed by atoms with E-state index in [0.717, 1.165) is 0 Å². The summed E-state index contributed by atoms with van der Waals surface area (Å²) in [7, 11) is 0. The van der Waals surface area contributed by atoms with Crippen molar-refractivity contribution in [3.63, 3.8) is 0 Å². The number of carbonyl (C=O) groups excluding carboxylic acids is 2. The molecule has 0 fully saturated rings. The van der Waals surface area contributed by atoms with Crippen molar-refractivity contribution in [2.24, 2.45) is 11.7 Å². The van der Waals surface area contributed by atoms with E-state index in [0.29, 0.717) is 0 Å². The second-order valence-electron chi connectivity index (χ2n) is 5.96. The highest BCUT2D eigenvalue weighted by atomic mass is 16.6. The summed E-state index contributed by atoms with van der Waals surface area (Å²) in [4.78, 5) is 34.4. The van der Waals surface area contributed by atoms with Crippen LogP contribution < -0.4 is 11.1 Å². The van der Waals surface area contributed by atoms with Crippen LogP contribution in [0.25, 0.3) is 0 Å². The average molecular weight is 288 g/mol. The van der Waals surface area contributed by atoms with Gasteiger partial charge in [-0.05, 0) is 26.7 Å². The van der Waals surface area contributed by atoms with Crippen molar-refractivity contribution >= 4 is 17.8 Å². The van der Waals surface area contributed by atoms with E-state index in [1.807, 2.05) is 0 Å². The van der Waals surface area contributed by atoms with E-state index in [-0.39, 0.29) is 5.92 Å². The number of aliphatic carboxylic acids is 1. The number of nitrogens with one attached hydrogen (secondary N) is 1. The summed E-state index contributed by atoms with van der Waals surface area (Å²) in [5.74, 6) is -2.73. The van der Waals surface area contributed by atoms with Crippen LogP contribution in [0.5, 0.6) is 0 Å². The monoisotopic (exact) mass is 288 g/mol. The molecule has 0 aromatic rings. The summed E-state index contributed by atoms with van der Waals surface area (Å²) in [6.07, 6.45) is -0.441. The van der Waals surface area contributed by atoms with Crippen LogP contribution in [0.4, 0.5) is 0 Å². The second-order valence-corrected chi connectivity index (χ2v) is 5.96. The third-order valence-corrected chi connectivity index (χ3v) is 2.43. The van der Waals surface area contributed by atoms with E-state index < -0.39 is 42.0 Å². The van der Waals surface area contributed by atoms with Gasteiger partial charge in [-0.25, -0.2) is 4.79 Å². The van der Waals surface area contributed by atoms with Crippen LogP contribution >= 0.6 is 0 Å². The predicted octanol–water partition coefficient (Wildman–Crippen LogP) is 0.271. The van der Waals surface area contributed by atoms with Crippen LogP contribution in [-0.4, -0.2) is 40.6 Å². The normalized spacial score (nSPS) is 14.6. The van der Waals surface area contributed by atoms with Crippen molar-refractivity contribution in [3.8, 4) is 0 Å². The number of nitrogens with two attached hydrogens (primary N) is 1. The fourth-order valence-electron chi connectivity index (χ4n) is 1.32. The van der Waals surface area contributed by atoms with Gasteiger partial charge in [0.15, 0.2) is 0 Å². The fourth-order valence-corrected chi connectivity index (χ4v) is 1.32. The summed E-state index contributed by atoms with van der Waals surface area (Å²) in [6.45, 7) is 8.51. The summed E-state index contributed by atoms with van der Waals surface area (Å²) >= 11 is 0. The standard InChI is InChI=1S/C13H24N2O5/c1-7(2)10(14)11(17)15-8(12(18)19)6-9(16)20-13(3,4)5/h7-8,10H,6,14H2,1-5H3,(H,15,17)(H,18,19)/t8-,10?/m0/s1. The third-order valence-electron chi connectivity index (χ3n) is 2.43. The summed E-state index contributed by atoms with van der Waals surface area (Å²) in [6, 6.07) is -2.17. The summed E-state index contributed by atoms with van der Waals surface area (Å²) in [5.41, 5.74) is 4.91. The van der Waals surface area contributed by atoms with Gasteiger partial charge in [0.2, 0.25) is 5.91 Å². The van der Waals surface area contributed by atoms with E-state index in [4.69, 9.17) is 15.6 Å². The Balaban J connectivity index is 4.64. The Labute approximate surface area is 118 Å². The van der Waals surface area contributed by atoms with Gasteiger partial charge >= 0.3 is 11.9 Å². The SMILES string of the molecule is CC(C)C(N)C(=O)N[C@@H](CC(=O)OC(C)(C)C)C(=O)O. The minimum Gasteiger partial charge on any atom is -0.480 e. The third kappa shape index (κ3) is 7.08. The van der Waals surface area contributed by atoms with Gasteiger partial charge < -0.3 is 20.9 Å². The molecule has 0 aliphatic rings. The first kappa shape index (κ1) is 18.4. The van der Waals surface area contributed by atoms with Crippen molar-refractivity contribution in [2.75, 3.05) is 0 Å². The summed E-state index contributed by atoms with van der Waals surface area (Å²) < 4.78 is 5.02. The molecule has 4 N–H and O–H groups in total. The number of esters is 1. The van der Waals surface area contributed by atoms with Crippen LogP contribution in [0.15, 0.2) is 0 Å². The van der Waals surface area contributed by atoms with Crippen LogP contribution in [0, 0.1) is 5.92 Å². The van der Waals surface area contributed by atoms with Gasteiger partial charge in [-0.3, -0.25) is 9.59 Å². The molecule has 2 atom stereocenters. The van der Waals surface area contributed by atoms with Gasteiger partial charge in [0.05, 0.1) is 12.5 Å². The van der Waals surface area contributed by atoms with E-state index >= 15 is 0 Å². The molecule has 0 saturated heterocycles. The molecule has 0 aliphatic carbocycles. The number of carboxylic acid groups (broad SMARTS) is 1. The Morgan fingerprint density at radius 3 is 2.10 bits per heavy atom. The Morgan fingerprint density at radius 1 is 1.25 bits per heavy atom. The topological polar surface area (TPSA) is 119 Å². The molecule has 0 bridgehead atoms. The van der Waals surface area contributed by atoms with Crippen LogP contribution in [-0.2, 0) is 19.1 Å². The lowest BCUT2D eigenvalue weighted by Gasteiger charge is -2.22. The fraction of sp³-hybridized carbons (Fsp3) is 0.769. The molecular weight excluding hydrogens is 264 g/mol. The lowest BCUT2D eigenvalue weighted by Crippen LogP contribution is -2.51. The van der Waals surface area contributed by atoms with Gasteiger partial charge in [-0.15, -0.1) is 0 Å². The van der Waals surface area contributed by atoms with E-state index in [9.17, 15) is 14.4 Å². The molecule has 20 heavy (non-hydrogen) atoms. The van der Waals surface area contributed by atoms with Gasteiger partial charge in [0, 0.05) is 0 Å². The van der Waals surface area contributed by atoms with Gasteiger partial charge in [0.1, 0.15) is 11.6 Å². The zero-order chi connectivity index (χ0) is 16.1. The molecule has 0 rings (SSSR count). The van der Waals surface area contributed by atoms with Crippen molar-refractivity contribution in [2.45, 2.75) is 58.7 Å². The lowest BCUT2D eigenvalue weighted by molar-refractivity contribution is -0.158. The number of rotatable bonds is 6. The van der Waals surface area contributed by atoms with Gasteiger partial charge in [0.25, 0.3) is 0 Å². The highest BCUT2D eigenvalue weighted by Gasteiger charge is 2.28. The van der Waals surface area contributed by atoms with Gasteiger partial charge in [-0.2, -0.15) is 0 Å². The molecule has 116 valence electrons. The smallest absolute Gasteiger partial charge is 0.326 e. The minimum absolute atomic E-state index is 0.133. The Hall–Kier alpha value is -1.63. The molecule has 0 aliphatic heterocycles. The van der Waals surface area contributed by atoms with E-state index in [1.165, 1.54) is 0 Å². The molecule has 7 nitrogen and oxygen atoms in total. The quantitative estimate of drug-likeness (QED) is 0.604. The number of carboxylic acids is 1. The Kier molecular flexibility index (Phi) is 6.64. The van der Waals surface area contributed by atoms with E-state index in [2.05, 4.69) is 5.32 Å². The van der Waals surface area contributed by atoms with Crippen molar-refractivity contribution in [1.82, 2.24) is 5.32 Å². The molecule has 1 amide bonds. The molecule has 0 saturated carbocycles. The molecule has 7 heteroatoms. The van der Waals surface area contributed by atoms with Crippen molar-refractivity contribution in [1.29, 1.82) is 0 Å². The average Bonchev–Trinajstić information content (AvgIpc) is 2.23. The first-order chi connectivity index (χ1) is 8.94. The maximum atomic E-state index is 11.7. The Bertz CT molecular complexity index is 373. The molecular formula is C13H24N2O5. The number of hydrogen-bond donors (Lipinski definition) is 3. The predicted molar refractivity (Wildman–Crippen MR) is 72.8 cm³/mol. The first-order valence-corrected chi connectivity index (χ1v) is 6.44. The minimum atomic E-state index is -1.35. The zero-order valence-electron chi connectivity index (χ0n) is 12.6. The molecule has 0 aromatic heterocycles. The molecule has 1 unspecified atom stereocenters. The van der Waals surface area contributed by atoms with Crippen molar-refractivity contribution in [3.05, 3.63) is 0 Å². The first-order valence-electron chi connectivity index (χ1n) is 6.44. The van der Waals surface area contributed by atoms with Crippen molar-refractivity contribution < 1.29 is 24.2 Å².